The number of aromatic nitrogens is 2. The van der Waals surface area contributed by atoms with Gasteiger partial charge in [-0.25, -0.2) is 9.98 Å². The van der Waals surface area contributed by atoms with Gasteiger partial charge in [-0.2, -0.15) is 0 Å². The molecule has 7 heteroatoms. The third-order valence-electron chi connectivity index (χ3n) is 3.53. The molecule has 0 fully saturated rings. The van der Waals surface area contributed by atoms with Crippen LogP contribution in [0.2, 0.25) is 0 Å². The van der Waals surface area contributed by atoms with Gasteiger partial charge in [0, 0.05) is 5.56 Å². The first-order chi connectivity index (χ1) is 12.6. The largest absolute Gasteiger partial charge is 0.480 e. The number of aromatic amines is 1. The SMILES string of the molecule is C/C=C\C1=C=CC=CC(c2nc3ccc(C(=O)NCC(=O)O)cc3[nH]2)=N1. The number of carbonyl (C=O) groups is 2. The molecule has 1 aliphatic heterocycles. The van der Waals surface area contributed by atoms with Crippen LogP contribution in [0.3, 0.4) is 0 Å². The molecule has 0 unspecified atom stereocenters. The Morgan fingerprint density at radius 1 is 1.38 bits per heavy atom. The maximum absolute atomic E-state index is 12.0. The highest BCUT2D eigenvalue weighted by atomic mass is 16.4. The molecule has 1 aromatic heterocycles. The Kier molecular flexibility index (Phi) is 4.92. The van der Waals surface area contributed by atoms with Crippen LogP contribution in [0.1, 0.15) is 23.1 Å². The van der Waals surface area contributed by atoms with Gasteiger partial charge in [0.15, 0.2) is 5.82 Å². The van der Waals surface area contributed by atoms with Crippen LogP contribution < -0.4 is 5.32 Å². The van der Waals surface area contributed by atoms with Crippen LogP contribution in [0.25, 0.3) is 11.0 Å². The minimum absolute atomic E-state index is 0.350. The van der Waals surface area contributed by atoms with Crippen molar-refractivity contribution in [2.75, 3.05) is 6.54 Å². The normalized spacial score (nSPS) is 13.6. The standard InChI is InChI=1S/C19H16N4O3/c1-2-5-13-6-3-4-7-15(21-13)18-22-14-9-8-12(10-16(14)23-18)19(26)20-11-17(24)25/h2-5,7-10H,11H2,1H3,(H,20,26)(H,22,23)(H,24,25)/b5-2-. The van der Waals surface area contributed by atoms with Gasteiger partial charge in [0.25, 0.3) is 5.91 Å². The lowest BCUT2D eigenvalue weighted by molar-refractivity contribution is -0.135. The molecule has 26 heavy (non-hydrogen) atoms. The highest BCUT2D eigenvalue weighted by Crippen LogP contribution is 2.16. The maximum Gasteiger partial charge on any atom is 0.322 e. The predicted octanol–water partition coefficient (Wildman–Crippen LogP) is 2.35. The van der Waals surface area contributed by atoms with Gasteiger partial charge in [0.2, 0.25) is 0 Å². The summed E-state index contributed by atoms with van der Waals surface area (Å²) in [6, 6.07) is 4.93. The molecule has 3 N–H and O–H groups in total. The Morgan fingerprint density at radius 3 is 3.00 bits per heavy atom. The van der Waals surface area contributed by atoms with Crippen LogP contribution >= 0.6 is 0 Å². The lowest BCUT2D eigenvalue weighted by atomic mass is 10.2. The van der Waals surface area contributed by atoms with E-state index in [0.29, 0.717) is 33.8 Å². The Morgan fingerprint density at radius 2 is 2.23 bits per heavy atom. The first kappa shape index (κ1) is 17.1. The molecule has 0 saturated carbocycles. The number of aliphatic imine (C=N–C) groups is 1. The van der Waals surface area contributed by atoms with Crippen LogP contribution in [0, 0.1) is 0 Å². The zero-order valence-electron chi connectivity index (χ0n) is 14.0. The lowest BCUT2D eigenvalue weighted by Crippen LogP contribution is -2.29. The second-order valence-corrected chi connectivity index (χ2v) is 5.45. The van der Waals surface area contributed by atoms with Gasteiger partial charge in [0.05, 0.1) is 11.0 Å². The number of nitrogens with zero attached hydrogens (tertiary/aromatic N) is 2. The van der Waals surface area contributed by atoms with Crippen molar-refractivity contribution in [2.24, 2.45) is 4.99 Å². The molecule has 0 aliphatic carbocycles. The summed E-state index contributed by atoms with van der Waals surface area (Å²) in [5.41, 5.74) is 6.07. The Hall–Kier alpha value is -3.70. The molecule has 0 saturated heterocycles. The number of hydrogen-bond acceptors (Lipinski definition) is 4. The van der Waals surface area contributed by atoms with Gasteiger partial charge >= 0.3 is 5.97 Å². The molecule has 130 valence electrons. The van der Waals surface area contributed by atoms with Crippen LogP contribution in [0.15, 0.2) is 65.0 Å². The van der Waals surface area contributed by atoms with Crippen molar-refractivity contribution < 1.29 is 14.7 Å². The van der Waals surface area contributed by atoms with Crippen molar-refractivity contribution in [1.82, 2.24) is 15.3 Å². The number of nitrogens with one attached hydrogen (secondary N) is 2. The summed E-state index contributed by atoms with van der Waals surface area (Å²) in [4.78, 5) is 34.7. The minimum Gasteiger partial charge on any atom is -0.480 e. The number of fused-ring (bicyclic) bond motifs is 1. The Balaban J connectivity index is 1.91. The number of carboxylic acid groups (broad SMARTS) is 1. The monoisotopic (exact) mass is 348 g/mol. The van der Waals surface area contributed by atoms with Gasteiger partial charge in [-0.15, -0.1) is 0 Å². The van der Waals surface area contributed by atoms with E-state index in [-0.39, 0.29) is 0 Å². The number of allylic oxidation sites excluding steroid dienone is 4. The zero-order chi connectivity index (χ0) is 18.5. The number of imidazole rings is 1. The summed E-state index contributed by atoms with van der Waals surface area (Å²) in [6.45, 7) is 1.47. The van der Waals surface area contributed by atoms with Gasteiger partial charge in [-0.05, 0) is 43.4 Å². The molecule has 0 spiro atoms. The fourth-order valence-electron chi connectivity index (χ4n) is 2.38. The van der Waals surface area contributed by atoms with Crippen molar-refractivity contribution in [2.45, 2.75) is 6.92 Å². The van der Waals surface area contributed by atoms with Crippen molar-refractivity contribution in [3.8, 4) is 0 Å². The molecule has 0 atom stereocenters. The molecular weight excluding hydrogens is 332 g/mol. The molecule has 1 aromatic carbocycles. The van der Waals surface area contributed by atoms with E-state index in [4.69, 9.17) is 5.11 Å². The molecule has 1 amide bonds. The number of rotatable bonds is 5. The summed E-state index contributed by atoms with van der Waals surface area (Å²) < 4.78 is 0. The van der Waals surface area contributed by atoms with E-state index >= 15 is 0 Å². The molecule has 2 heterocycles. The lowest BCUT2D eigenvalue weighted by Gasteiger charge is -2.01. The van der Waals surface area contributed by atoms with E-state index in [1.54, 1.807) is 24.3 Å². The smallest absolute Gasteiger partial charge is 0.322 e. The van der Waals surface area contributed by atoms with Crippen molar-refractivity contribution >= 4 is 28.6 Å². The average molecular weight is 348 g/mol. The average Bonchev–Trinajstić information content (AvgIpc) is 2.91. The van der Waals surface area contributed by atoms with Crippen LogP contribution in [-0.4, -0.2) is 39.2 Å². The van der Waals surface area contributed by atoms with E-state index in [2.05, 4.69) is 26.0 Å². The summed E-state index contributed by atoms with van der Waals surface area (Å²) in [5, 5.41) is 11.0. The maximum atomic E-state index is 12.0. The zero-order valence-corrected chi connectivity index (χ0v) is 14.0. The summed E-state index contributed by atoms with van der Waals surface area (Å²) >= 11 is 0. The molecule has 0 radical (unpaired) electrons. The first-order valence-corrected chi connectivity index (χ1v) is 7.91. The highest BCUT2D eigenvalue weighted by Gasteiger charge is 2.12. The topological polar surface area (TPSA) is 107 Å². The quantitative estimate of drug-likeness (QED) is 0.721. The minimum atomic E-state index is -1.10. The van der Waals surface area contributed by atoms with Gasteiger partial charge in [-0.1, -0.05) is 17.9 Å². The fraction of sp³-hybridized carbons (Fsp3) is 0.105. The third kappa shape index (κ3) is 3.85. The number of benzene rings is 1. The van der Waals surface area contributed by atoms with Crippen LogP contribution in [-0.2, 0) is 4.79 Å². The van der Waals surface area contributed by atoms with Gasteiger partial charge in [-0.3, -0.25) is 9.59 Å². The van der Waals surface area contributed by atoms with Crippen molar-refractivity contribution in [3.05, 3.63) is 71.4 Å². The van der Waals surface area contributed by atoms with E-state index < -0.39 is 18.4 Å². The second-order valence-electron chi connectivity index (χ2n) is 5.45. The number of carbonyl (C=O) groups excluding carboxylic acids is 1. The Bertz CT molecular complexity index is 1030. The molecule has 1 aliphatic rings. The van der Waals surface area contributed by atoms with E-state index in [9.17, 15) is 9.59 Å². The number of carboxylic acids is 1. The fourth-order valence-corrected chi connectivity index (χ4v) is 2.38. The van der Waals surface area contributed by atoms with Gasteiger partial charge < -0.3 is 15.4 Å². The molecular formula is C19H16N4O3. The van der Waals surface area contributed by atoms with Crippen LogP contribution in [0.5, 0.6) is 0 Å². The molecule has 2 aromatic rings. The Labute approximate surface area is 149 Å². The van der Waals surface area contributed by atoms with Crippen molar-refractivity contribution in [3.63, 3.8) is 0 Å². The van der Waals surface area contributed by atoms with Crippen molar-refractivity contribution in [1.29, 1.82) is 0 Å². The van der Waals surface area contributed by atoms with Crippen LogP contribution in [0.4, 0.5) is 0 Å². The number of H-pyrrole nitrogens is 1. The number of hydrogen-bond donors (Lipinski definition) is 3. The highest BCUT2D eigenvalue weighted by molar-refractivity contribution is 6.09. The van der Waals surface area contributed by atoms with E-state index in [1.807, 2.05) is 31.2 Å². The number of amides is 1. The predicted molar refractivity (Wildman–Crippen MR) is 98.1 cm³/mol. The van der Waals surface area contributed by atoms with Gasteiger partial charge in [0.1, 0.15) is 18.0 Å². The number of aliphatic carboxylic acids is 1. The van der Waals surface area contributed by atoms with E-state index in [1.165, 1.54) is 0 Å². The van der Waals surface area contributed by atoms with E-state index in [0.717, 1.165) is 0 Å². The molecule has 7 nitrogen and oxygen atoms in total. The molecule has 3 rings (SSSR count). The third-order valence-corrected chi connectivity index (χ3v) is 3.53. The molecule has 0 bridgehead atoms. The summed E-state index contributed by atoms with van der Waals surface area (Å²) in [7, 11) is 0. The summed E-state index contributed by atoms with van der Waals surface area (Å²) in [5.74, 6) is -0.988. The summed E-state index contributed by atoms with van der Waals surface area (Å²) in [6.07, 6.45) is 9.15. The second kappa shape index (κ2) is 7.46. The first-order valence-electron chi connectivity index (χ1n) is 7.91.